The predicted octanol–water partition coefficient (Wildman–Crippen LogP) is 11.1. The second-order valence-corrected chi connectivity index (χ2v) is 11.9. The average Bonchev–Trinajstić information content (AvgIpc) is 3.44. The second-order valence-electron chi connectivity index (χ2n) is 11.9. The van der Waals surface area contributed by atoms with Crippen molar-refractivity contribution in [1.82, 2.24) is 4.40 Å². The van der Waals surface area contributed by atoms with E-state index >= 15 is 0 Å². The zero-order chi connectivity index (χ0) is 26.4. The van der Waals surface area contributed by atoms with Crippen LogP contribution in [0.3, 0.4) is 0 Å². The summed E-state index contributed by atoms with van der Waals surface area (Å²) in [4.78, 5) is 0. The molecule has 0 N–H and O–H groups in total. The fraction of sp³-hybridized carbons (Fsp3) is 0.158. The van der Waals surface area contributed by atoms with Crippen molar-refractivity contribution >= 4 is 59.6 Å². The first-order chi connectivity index (χ1) is 19.0. The van der Waals surface area contributed by atoms with Crippen molar-refractivity contribution in [2.45, 2.75) is 39.5 Å². The molecule has 0 saturated carbocycles. The molecule has 39 heavy (non-hydrogen) atoms. The maximum absolute atomic E-state index is 2.52. The largest absolute Gasteiger partial charge is 0.308 e. The van der Waals surface area contributed by atoms with Crippen molar-refractivity contribution < 1.29 is 0 Å². The molecule has 2 aromatic heterocycles. The van der Waals surface area contributed by atoms with Crippen LogP contribution < -0.4 is 0 Å². The number of benzene rings is 6. The van der Waals surface area contributed by atoms with E-state index in [1.165, 1.54) is 81.9 Å². The molecule has 8 rings (SSSR count). The lowest BCUT2D eigenvalue weighted by molar-refractivity contribution is 0.834. The fourth-order valence-corrected chi connectivity index (χ4v) is 6.59. The van der Waals surface area contributed by atoms with E-state index < -0.39 is 0 Å². The van der Waals surface area contributed by atoms with Crippen molar-refractivity contribution in [1.29, 1.82) is 0 Å². The van der Waals surface area contributed by atoms with E-state index in [4.69, 9.17) is 0 Å². The lowest BCUT2D eigenvalue weighted by atomic mass is 9.90. The number of rotatable bonds is 3. The number of nitrogens with zero attached hydrogens (tertiary/aromatic N) is 1. The Labute approximate surface area is 228 Å². The molecule has 0 bridgehead atoms. The number of aromatic nitrogens is 1. The SMILES string of the molecule is CC(C)c1cc(-c2cc3c4cc5ccccc5cc4n4c5cc6ccccc6cc5c(c2)c34)cc(C(C)C)c1. The molecule has 0 atom stereocenters. The lowest BCUT2D eigenvalue weighted by Crippen LogP contribution is -1.95. The molecule has 188 valence electrons. The van der Waals surface area contributed by atoms with Gasteiger partial charge < -0.3 is 4.40 Å². The van der Waals surface area contributed by atoms with E-state index in [0.717, 1.165) is 0 Å². The summed E-state index contributed by atoms with van der Waals surface area (Å²) in [6.07, 6.45) is 0. The van der Waals surface area contributed by atoms with Crippen LogP contribution in [-0.2, 0) is 0 Å². The minimum absolute atomic E-state index is 0.488. The number of hydrogen-bond donors (Lipinski definition) is 0. The highest BCUT2D eigenvalue weighted by Gasteiger charge is 2.20. The van der Waals surface area contributed by atoms with Crippen molar-refractivity contribution in [2.24, 2.45) is 0 Å². The van der Waals surface area contributed by atoms with E-state index in [1.54, 1.807) is 0 Å². The van der Waals surface area contributed by atoms with Gasteiger partial charge in [-0.15, -0.1) is 0 Å². The Morgan fingerprint density at radius 3 is 1.28 bits per heavy atom. The van der Waals surface area contributed by atoms with Crippen molar-refractivity contribution in [2.75, 3.05) is 0 Å². The Bertz CT molecular complexity index is 2080. The van der Waals surface area contributed by atoms with Crippen molar-refractivity contribution in [3.63, 3.8) is 0 Å². The van der Waals surface area contributed by atoms with E-state index in [2.05, 4.69) is 135 Å². The van der Waals surface area contributed by atoms with Gasteiger partial charge >= 0.3 is 0 Å². The minimum atomic E-state index is 0.488. The summed E-state index contributed by atoms with van der Waals surface area (Å²) in [6.45, 7) is 9.19. The van der Waals surface area contributed by atoms with Gasteiger partial charge in [0.05, 0.1) is 16.6 Å². The van der Waals surface area contributed by atoms with Crippen molar-refractivity contribution in [3.05, 3.63) is 114 Å². The zero-order valence-electron chi connectivity index (χ0n) is 22.9. The second kappa shape index (κ2) is 8.07. The molecule has 6 aromatic carbocycles. The maximum Gasteiger partial charge on any atom is 0.0620 e. The molecular formula is C38H31N. The van der Waals surface area contributed by atoms with Gasteiger partial charge in [0.15, 0.2) is 0 Å². The molecule has 0 spiro atoms. The van der Waals surface area contributed by atoms with Gasteiger partial charge in [-0.3, -0.25) is 0 Å². The first-order valence-electron chi connectivity index (χ1n) is 14.2. The van der Waals surface area contributed by atoms with Crippen LogP contribution in [0.15, 0.2) is 103 Å². The third-order valence-corrected chi connectivity index (χ3v) is 8.77. The Morgan fingerprint density at radius 1 is 0.436 bits per heavy atom. The van der Waals surface area contributed by atoms with Crippen LogP contribution in [0, 0.1) is 0 Å². The molecule has 0 unspecified atom stereocenters. The van der Waals surface area contributed by atoms with Gasteiger partial charge in [0.1, 0.15) is 0 Å². The first-order valence-corrected chi connectivity index (χ1v) is 14.2. The van der Waals surface area contributed by atoms with Gasteiger partial charge in [0.25, 0.3) is 0 Å². The maximum atomic E-state index is 2.52. The van der Waals surface area contributed by atoms with Gasteiger partial charge in [-0.25, -0.2) is 0 Å². The predicted molar refractivity (Wildman–Crippen MR) is 170 cm³/mol. The zero-order valence-corrected chi connectivity index (χ0v) is 22.9. The summed E-state index contributed by atoms with van der Waals surface area (Å²) in [6, 6.07) is 39.2. The summed E-state index contributed by atoms with van der Waals surface area (Å²) >= 11 is 0. The molecule has 0 amide bonds. The molecule has 0 radical (unpaired) electrons. The topological polar surface area (TPSA) is 4.41 Å². The third kappa shape index (κ3) is 3.26. The monoisotopic (exact) mass is 501 g/mol. The third-order valence-electron chi connectivity index (χ3n) is 8.77. The Kier molecular flexibility index (Phi) is 4.68. The van der Waals surface area contributed by atoms with E-state index in [1.807, 2.05) is 0 Å². The van der Waals surface area contributed by atoms with E-state index in [9.17, 15) is 0 Å². The summed E-state index contributed by atoms with van der Waals surface area (Å²) in [5, 5.41) is 10.5. The summed E-state index contributed by atoms with van der Waals surface area (Å²) in [7, 11) is 0. The van der Waals surface area contributed by atoms with E-state index in [-0.39, 0.29) is 0 Å². The highest BCUT2D eigenvalue weighted by atomic mass is 14.9. The van der Waals surface area contributed by atoms with Crippen LogP contribution in [0.1, 0.15) is 50.7 Å². The van der Waals surface area contributed by atoms with Gasteiger partial charge in [-0.1, -0.05) is 94.4 Å². The minimum Gasteiger partial charge on any atom is -0.308 e. The van der Waals surface area contributed by atoms with Gasteiger partial charge in [0, 0.05) is 21.5 Å². The average molecular weight is 502 g/mol. The van der Waals surface area contributed by atoms with Crippen molar-refractivity contribution in [3.8, 4) is 11.1 Å². The standard InChI is InChI=1S/C38H31N/c1-22(2)28-13-29(23(3)4)15-30(14-28)31-18-34-32-16-24-9-5-7-11-26(24)20-36(32)39-37-21-27-12-8-6-10-25(27)17-33(37)35(19-31)38(34)39/h5-23H,1-4H3. The van der Waals surface area contributed by atoms with Crippen LogP contribution in [0.5, 0.6) is 0 Å². The van der Waals surface area contributed by atoms with E-state index in [0.29, 0.717) is 11.8 Å². The van der Waals surface area contributed by atoms with Crippen LogP contribution in [-0.4, -0.2) is 4.40 Å². The molecule has 0 aliphatic carbocycles. The summed E-state index contributed by atoms with van der Waals surface area (Å²) < 4.78 is 2.52. The van der Waals surface area contributed by atoms with Crippen LogP contribution >= 0.6 is 0 Å². The smallest absolute Gasteiger partial charge is 0.0620 e. The van der Waals surface area contributed by atoms with Crippen LogP contribution in [0.25, 0.3) is 70.8 Å². The quantitative estimate of drug-likeness (QED) is 0.227. The van der Waals surface area contributed by atoms with Gasteiger partial charge in [0.2, 0.25) is 0 Å². The molecule has 0 aliphatic rings. The molecule has 0 aliphatic heterocycles. The molecule has 1 nitrogen and oxygen atoms in total. The normalized spacial score (nSPS) is 12.6. The highest BCUT2D eigenvalue weighted by molar-refractivity contribution is 6.26. The summed E-state index contributed by atoms with van der Waals surface area (Å²) in [5.74, 6) is 0.975. The van der Waals surface area contributed by atoms with Gasteiger partial charge in [-0.05, 0) is 92.0 Å². The molecule has 2 heterocycles. The molecule has 0 fully saturated rings. The summed E-state index contributed by atoms with van der Waals surface area (Å²) in [5.41, 5.74) is 9.34. The van der Waals surface area contributed by atoms with Crippen LogP contribution in [0.2, 0.25) is 0 Å². The molecular weight excluding hydrogens is 470 g/mol. The number of fused-ring (bicyclic) bond motifs is 8. The molecule has 1 heteroatoms. The number of hydrogen-bond acceptors (Lipinski definition) is 0. The Morgan fingerprint density at radius 2 is 0.846 bits per heavy atom. The van der Waals surface area contributed by atoms with Crippen LogP contribution in [0.4, 0.5) is 0 Å². The fourth-order valence-electron chi connectivity index (χ4n) is 6.59. The Hall–Kier alpha value is -4.36. The first kappa shape index (κ1) is 22.6. The highest BCUT2D eigenvalue weighted by Crippen LogP contribution is 2.44. The van der Waals surface area contributed by atoms with Gasteiger partial charge in [-0.2, -0.15) is 0 Å². The molecule has 0 saturated heterocycles. The Balaban J connectivity index is 1.56. The lowest BCUT2D eigenvalue weighted by Gasteiger charge is -2.15. The molecule has 8 aromatic rings.